The lowest BCUT2D eigenvalue weighted by atomic mass is 10.0. The lowest BCUT2D eigenvalue weighted by molar-refractivity contribution is -0.138. The molecule has 2 aliphatic heterocycles. The van der Waals surface area contributed by atoms with E-state index in [1.807, 2.05) is 44.2 Å². The Morgan fingerprint density at radius 1 is 1.10 bits per heavy atom. The van der Waals surface area contributed by atoms with Crippen LogP contribution in [0, 0.1) is 5.92 Å². The Bertz CT molecular complexity index is 1510. The van der Waals surface area contributed by atoms with Crippen molar-refractivity contribution in [3.05, 3.63) is 67.0 Å². The molecule has 0 saturated carbocycles. The molecule has 1 N–H and O–H groups in total. The zero-order valence-corrected chi connectivity index (χ0v) is 22.5. The van der Waals surface area contributed by atoms with Crippen LogP contribution in [0.25, 0.3) is 10.8 Å². The Morgan fingerprint density at radius 3 is 2.59 bits per heavy atom. The summed E-state index contributed by atoms with van der Waals surface area (Å²) in [6, 6.07) is 13.4. The van der Waals surface area contributed by atoms with Crippen molar-refractivity contribution in [2.24, 2.45) is 5.92 Å². The third-order valence-corrected chi connectivity index (χ3v) is 8.98. The van der Waals surface area contributed by atoms with Gasteiger partial charge in [-0.2, -0.15) is 4.31 Å². The van der Waals surface area contributed by atoms with Crippen LogP contribution < -0.4 is 10.1 Å². The van der Waals surface area contributed by atoms with E-state index in [1.54, 1.807) is 12.1 Å². The second kappa shape index (κ2) is 10.7. The number of nitrogens with one attached hydrogen (secondary N) is 1. The summed E-state index contributed by atoms with van der Waals surface area (Å²) in [5.41, 5.74) is 0. The summed E-state index contributed by atoms with van der Waals surface area (Å²) in [4.78, 5) is 44.9. The number of rotatable bonds is 7. The fourth-order valence-corrected chi connectivity index (χ4v) is 6.97. The molecule has 1 aromatic heterocycles. The van der Waals surface area contributed by atoms with Gasteiger partial charge in [0.15, 0.2) is 5.78 Å². The molecular weight excluding hydrogens is 520 g/mol. The third-order valence-electron chi connectivity index (χ3n) is 7.13. The average molecular weight is 551 g/mol. The smallest absolute Gasteiger partial charge is 0.410 e. The molecule has 5 rings (SSSR count). The van der Waals surface area contributed by atoms with Gasteiger partial charge in [0.1, 0.15) is 22.7 Å². The normalized spacial score (nSPS) is 20.3. The zero-order valence-electron chi connectivity index (χ0n) is 21.7. The van der Waals surface area contributed by atoms with Crippen LogP contribution in [0.5, 0.6) is 5.75 Å². The minimum atomic E-state index is -3.96. The van der Waals surface area contributed by atoms with Crippen LogP contribution in [0.4, 0.5) is 4.79 Å². The SMILES string of the molecule is CC(C)CC(NC(=O)Oc1ccc2ccccc2c1)C(=O)N1CCC2C1C(=O)CN2S(=O)(=O)c1cccnc1. The van der Waals surface area contributed by atoms with E-state index in [9.17, 15) is 22.8 Å². The molecule has 2 saturated heterocycles. The molecule has 0 spiro atoms. The number of nitrogens with zero attached hydrogens (tertiary/aromatic N) is 3. The van der Waals surface area contributed by atoms with Gasteiger partial charge in [0.05, 0.1) is 12.6 Å². The van der Waals surface area contributed by atoms with E-state index < -0.39 is 40.1 Å². The van der Waals surface area contributed by atoms with Gasteiger partial charge in [-0.25, -0.2) is 13.2 Å². The molecule has 2 amide bonds. The van der Waals surface area contributed by atoms with Gasteiger partial charge in [0.25, 0.3) is 0 Å². The molecule has 0 aliphatic carbocycles. The number of carbonyl (C=O) groups is 3. The Hall–Kier alpha value is -3.83. The van der Waals surface area contributed by atoms with Gasteiger partial charge in [0.2, 0.25) is 15.9 Å². The van der Waals surface area contributed by atoms with Crippen molar-refractivity contribution in [2.75, 3.05) is 13.1 Å². The van der Waals surface area contributed by atoms with Gasteiger partial charge in [-0.05, 0) is 53.8 Å². The van der Waals surface area contributed by atoms with Gasteiger partial charge in [-0.1, -0.05) is 44.2 Å². The van der Waals surface area contributed by atoms with Crippen molar-refractivity contribution in [3.63, 3.8) is 0 Å². The quantitative estimate of drug-likeness (QED) is 0.479. The first kappa shape index (κ1) is 26.8. The molecule has 0 radical (unpaired) electrons. The maximum absolute atomic E-state index is 13.7. The third kappa shape index (κ3) is 5.37. The van der Waals surface area contributed by atoms with E-state index in [1.165, 1.54) is 33.7 Å². The van der Waals surface area contributed by atoms with E-state index >= 15 is 0 Å². The van der Waals surface area contributed by atoms with E-state index in [2.05, 4.69) is 10.3 Å². The molecule has 204 valence electrons. The summed E-state index contributed by atoms with van der Waals surface area (Å²) in [6.07, 6.45) is 2.58. The van der Waals surface area contributed by atoms with Crippen molar-refractivity contribution in [1.29, 1.82) is 0 Å². The van der Waals surface area contributed by atoms with Gasteiger partial charge < -0.3 is 15.0 Å². The number of amides is 2. The molecule has 2 aliphatic rings. The predicted molar refractivity (Wildman–Crippen MR) is 143 cm³/mol. The largest absolute Gasteiger partial charge is 0.413 e. The number of sulfonamides is 1. The van der Waals surface area contributed by atoms with Gasteiger partial charge in [-0.15, -0.1) is 0 Å². The number of hydrogen-bond acceptors (Lipinski definition) is 7. The number of Topliss-reactive ketones (excluding diaryl/α,β-unsaturated/α-hetero) is 1. The zero-order chi connectivity index (χ0) is 27.7. The van der Waals surface area contributed by atoms with Crippen molar-refractivity contribution in [1.82, 2.24) is 19.5 Å². The fourth-order valence-electron chi connectivity index (χ4n) is 5.38. The summed E-state index contributed by atoms with van der Waals surface area (Å²) in [5, 5.41) is 4.59. The molecule has 3 unspecified atom stereocenters. The lowest BCUT2D eigenvalue weighted by Gasteiger charge is -2.28. The maximum Gasteiger partial charge on any atom is 0.413 e. The highest BCUT2D eigenvalue weighted by Crippen LogP contribution is 2.34. The first-order valence-electron chi connectivity index (χ1n) is 12.9. The highest BCUT2D eigenvalue weighted by atomic mass is 32.2. The summed E-state index contributed by atoms with van der Waals surface area (Å²) in [5.74, 6) is -0.383. The molecule has 0 bridgehead atoms. The van der Waals surface area contributed by atoms with E-state index in [0.29, 0.717) is 18.6 Å². The molecule has 2 fully saturated rings. The standard InChI is InChI=1S/C28H30N4O6S/c1-18(2)14-23(30-28(35)38-21-10-9-19-6-3-4-7-20(19)15-21)27(34)31-13-11-24-26(31)25(33)17-32(24)39(36,37)22-8-5-12-29-16-22/h3-10,12,15-16,18,23-24,26H,11,13-14,17H2,1-2H3,(H,30,35). The van der Waals surface area contributed by atoms with Crippen molar-refractivity contribution >= 4 is 38.6 Å². The number of hydrogen-bond donors (Lipinski definition) is 1. The van der Waals surface area contributed by atoms with E-state index in [-0.39, 0.29) is 29.7 Å². The second-order valence-corrected chi connectivity index (χ2v) is 12.2. The highest BCUT2D eigenvalue weighted by Gasteiger charge is 2.54. The monoisotopic (exact) mass is 550 g/mol. The summed E-state index contributed by atoms with van der Waals surface area (Å²) < 4.78 is 33.1. The number of ketones is 1. The number of benzene rings is 2. The van der Waals surface area contributed by atoms with Crippen LogP contribution in [0.1, 0.15) is 26.7 Å². The minimum absolute atomic E-state index is 0.000913. The highest BCUT2D eigenvalue weighted by molar-refractivity contribution is 7.89. The Labute approximate surface area is 227 Å². The summed E-state index contributed by atoms with van der Waals surface area (Å²) >= 11 is 0. The van der Waals surface area contributed by atoms with Gasteiger partial charge in [0, 0.05) is 18.9 Å². The van der Waals surface area contributed by atoms with Crippen molar-refractivity contribution in [2.45, 2.75) is 49.7 Å². The first-order chi connectivity index (χ1) is 18.6. The van der Waals surface area contributed by atoms with Gasteiger partial charge in [-0.3, -0.25) is 14.6 Å². The maximum atomic E-state index is 13.7. The van der Waals surface area contributed by atoms with Crippen LogP contribution >= 0.6 is 0 Å². The van der Waals surface area contributed by atoms with Gasteiger partial charge >= 0.3 is 6.09 Å². The first-order valence-corrected chi connectivity index (χ1v) is 14.3. The lowest BCUT2D eigenvalue weighted by Crippen LogP contribution is -2.53. The second-order valence-electron chi connectivity index (χ2n) is 10.3. The molecule has 3 atom stereocenters. The molecule has 11 heteroatoms. The van der Waals surface area contributed by atoms with E-state index in [0.717, 1.165) is 10.8 Å². The van der Waals surface area contributed by atoms with Crippen LogP contribution in [0.3, 0.4) is 0 Å². The molecule has 10 nitrogen and oxygen atoms in total. The van der Waals surface area contributed by atoms with E-state index in [4.69, 9.17) is 4.74 Å². The summed E-state index contributed by atoms with van der Waals surface area (Å²) in [6.45, 7) is 3.73. The van der Waals surface area contributed by atoms with Crippen molar-refractivity contribution in [3.8, 4) is 5.75 Å². The average Bonchev–Trinajstić information content (AvgIpc) is 3.49. The predicted octanol–water partition coefficient (Wildman–Crippen LogP) is 2.98. The number of ether oxygens (including phenoxy) is 1. The fraction of sp³-hybridized carbons (Fsp3) is 0.357. The Balaban J connectivity index is 1.31. The molecule has 3 aromatic rings. The molecule has 3 heterocycles. The number of carbonyl (C=O) groups excluding carboxylic acids is 3. The van der Waals surface area contributed by atoms with Crippen LogP contribution in [0.2, 0.25) is 0 Å². The Kier molecular flexibility index (Phi) is 7.37. The molecule has 39 heavy (non-hydrogen) atoms. The van der Waals surface area contributed by atoms with Crippen LogP contribution in [0.15, 0.2) is 71.9 Å². The number of fused-ring (bicyclic) bond motifs is 2. The van der Waals surface area contributed by atoms with Crippen molar-refractivity contribution < 1.29 is 27.5 Å². The van der Waals surface area contributed by atoms with Crippen LogP contribution in [-0.2, 0) is 19.6 Å². The molecule has 2 aromatic carbocycles. The number of pyridine rings is 1. The number of aromatic nitrogens is 1. The Morgan fingerprint density at radius 2 is 1.87 bits per heavy atom. The topological polar surface area (TPSA) is 126 Å². The number of likely N-dealkylation sites (tertiary alicyclic amines) is 1. The van der Waals surface area contributed by atoms with Crippen LogP contribution in [-0.4, -0.2) is 71.6 Å². The minimum Gasteiger partial charge on any atom is -0.410 e. The molecular formula is C28H30N4O6S. The summed E-state index contributed by atoms with van der Waals surface area (Å²) in [7, 11) is -3.96.